The first-order chi connectivity index (χ1) is 10.1. The molecule has 2 aromatic rings. The van der Waals surface area contributed by atoms with Crippen LogP contribution in [0.3, 0.4) is 0 Å². The summed E-state index contributed by atoms with van der Waals surface area (Å²) >= 11 is 1.62. The second kappa shape index (κ2) is 5.99. The third-order valence-corrected chi connectivity index (χ3v) is 4.52. The van der Waals surface area contributed by atoms with Crippen LogP contribution in [0.5, 0.6) is 0 Å². The van der Waals surface area contributed by atoms with E-state index in [0.29, 0.717) is 26.1 Å². The smallest absolute Gasteiger partial charge is 0.228 e. The highest BCUT2D eigenvalue weighted by Crippen LogP contribution is 2.22. The van der Waals surface area contributed by atoms with Crippen molar-refractivity contribution >= 4 is 17.2 Å². The van der Waals surface area contributed by atoms with Gasteiger partial charge in [-0.3, -0.25) is 4.79 Å². The van der Waals surface area contributed by atoms with Gasteiger partial charge in [-0.15, -0.1) is 11.3 Å². The minimum Gasteiger partial charge on any atom is -0.367 e. The van der Waals surface area contributed by atoms with Gasteiger partial charge < -0.3 is 14.2 Å². The number of hydrogen-bond acceptors (Lipinski definition) is 4. The molecule has 3 heterocycles. The Morgan fingerprint density at radius 2 is 2.43 bits per heavy atom. The van der Waals surface area contributed by atoms with Crippen molar-refractivity contribution < 1.29 is 9.53 Å². The van der Waals surface area contributed by atoms with Crippen LogP contribution in [0.2, 0.25) is 0 Å². The molecule has 5 nitrogen and oxygen atoms in total. The molecule has 1 amide bonds. The Morgan fingerprint density at radius 3 is 3.10 bits per heavy atom. The molecule has 2 aromatic heterocycles. The molecule has 0 unspecified atom stereocenters. The highest BCUT2D eigenvalue weighted by Gasteiger charge is 2.28. The van der Waals surface area contributed by atoms with E-state index in [9.17, 15) is 4.79 Å². The van der Waals surface area contributed by atoms with Gasteiger partial charge in [-0.25, -0.2) is 4.98 Å². The van der Waals surface area contributed by atoms with E-state index in [1.54, 1.807) is 11.3 Å². The van der Waals surface area contributed by atoms with Crippen molar-refractivity contribution in [2.45, 2.75) is 19.4 Å². The molecule has 0 spiro atoms. The molecule has 1 fully saturated rings. The fraction of sp³-hybridized carbons (Fsp3) is 0.467. The highest BCUT2D eigenvalue weighted by molar-refractivity contribution is 7.10. The second-order valence-corrected chi connectivity index (χ2v) is 6.34. The fourth-order valence-corrected chi connectivity index (χ4v) is 3.34. The van der Waals surface area contributed by atoms with Gasteiger partial charge in [-0.2, -0.15) is 0 Å². The lowest BCUT2D eigenvalue weighted by atomic mass is 10.2. The van der Waals surface area contributed by atoms with Crippen molar-refractivity contribution in [3.8, 4) is 0 Å². The topological polar surface area (TPSA) is 47.4 Å². The molecule has 112 valence electrons. The molecule has 1 aliphatic heterocycles. The van der Waals surface area contributed by atoms with E-state index < -0.39 is 0 Å². The van der Waals surface area contributed by atoms with Crippen molar-refractivity contribution in [3.05, 3.63) is 40.1 Å². The number of aromatic nitrogens is 2. The monoisotopic (exact) mass is 305 g/mol. The van der Waals surface area contributed by atoms with Gasteiger partial charge in [0, 0.05) is 24.7 Å². The number of hydrogen-bond donors (Lipinski definition) is 0. The molecule has 0 saturated carbocycles. The SMILES string of the molecule is Cc1cn(C)c([C@@H]2CN(C(=O)Cc3cccs3)CCO2)n1. The second-order valence-electron chi connectivity index (χ2n) is 5.31. The first-order valence-electron chi connectivity index (χ1n) is 7.05. The van der Waals surface area contributed by atoms with Crippen LogP contribution in [0.1, 0.15) is 22.5 Å². The number of carbonyl (C=O) groups is 1. The fourth-order valence-electron chi connectivity index (χ4n) is 2.64. The molecule has 0 radical (unpaired) electrons. The van der Waals surface area contributed by atoms with E-state index in [4.69, 9.17) is 4.74 Å². The van der Waals surface area contributed by atoms with Crippen LogP contribution in [0.4, 0.5) is 0 Å². The summed E-state index contributed by atoms with van der Waals surface area (Å²) in [5, 5.41) is 2.00. The van der Waals surface area contributed by atoms with Gasteiger partial charge in [-0.1, -0.05) is 6.07 Å². The van der Waals surface area contributed by atoms with Crippen molar-refractivity contribution in [1.82, 2.24) is 14.5 Å². The molecule has 1 aliphatic rings. The van der Waals surface area contributed by atoms with Crippen molar-refractivity contribution in [3.63, 3.8) is 0 Å². The minimum atomic E-state index is -0.135. The maximum Gasteiger partial charge on any atom is 0.228 e. The molecule has 0 bridgehead atoms. The third-order valence-electron chi connectivity index (χ3n) is 3.65. The van der Waals surface area contributed by atoms with Crippen LogP contribution in [0, 0.1) is 6.92 Å². The number of ether oxygens (including phenoxy) is 1. The van der Waals surface area contributed by atoms with E-state index in [0.717, 1.165) is 16.4 Å². The molecule has 0 aliphatic carbocycles. The maximum atomic E-state index is 12.4. The standard InChI is InChI=1S/C15H19N3O2S/c1-11-9-17(2)15(16-11)13-10-18(5-6-20-13)14(19)8-12-4-3-7-21-12/h3-4,7,9,13H,5-6,8,10H2,1-2H3/t13-/m0/s1. The van der Waals surface area contributed by atoms with Crippen LogP contribution >= 0.6 is 11.3 Å². The summed E-state index contributed by atoms with van der Waals surface area (Å²) in [4.78, 5) is 19.9. The molecule has 6 heteroatoms. The van der Waals surface area contributed by atoms with Gasteiger partial charge in [0.2, 0.25) is 5.91 Å². The zero-order chi connectivity index (χ0) is 14.8. The van der Waals surface area contributed by atoms with Crippen molar-refractivity contribution in [2.24, 2.45) is 7.05 Å². The van der Waals surface area contributed by atoms with Crippen LogP contribution in [0.25, 0.3) is 0 Å². The predicted octanol–water partition coefficient (Wildman–Crippen LogP) is 1.93. The number of aryl methyl sites for hydroxylation is 2. The lowest BCUT2D eigenvalue weighted by Gasteiger charge is -2.32. The summed E-state index contributed by atoms with van der Waals surface area (Å²) in [5.41, 5.74) is 0.970. The summed E-state index contributed by atoms with van der Waals surface area (Å²) in [5.74, 6) is 1.05. The number of nitrogens with zero attached hydrogens (tertiary/aromatic N) is 3. The largest absolute Gasteiger partial charge is 0.367 e. The number of imidazole rings is 1. The summed E-state index contributed by atoms with van der Waals surface area (Å²) in [6, 6.07) is 3.98. The van der Waals surface area contributed by atoms with Gasteiger partial charge in [0.15, 0.2) is 0 Å². The lowest BCUT2D eigenvalue weighted by Crippen LogP contribution is -2.43. The summed E-state index contributed by atoms with van der Waals surface area (Å²) in [7, 11) is 1.96. The Balaban J connectivity index is 1.68. The molecule has 1 atom stereocenters. The number of rotatable bonds is 3. The van der Waals surface area contributed by atoms with Gasteiger partial charge in [0.05, 0.1) is 25.3 Å². The Hall–Kier alpha value is -1.66. The Kier molecular flexibility index (Phi) is 4.07. The summed E-state index contributed by atoms with van der Waals surface area (Å²) in [6.45, 7) is 3.76. The summed E-state index contributed by atoms with van der Waals surface area (Å²) in [6.07, 6.45) is 2.32. The molecular formula is C15H19N3O2S. The van der Waals surface area contributed by atoms with Crippen LogP contribution in [-0.4, -0.2) is 40.1 Å². The normalized spacial score (nSPS) is 19.0. The van der Waals surface area contributed by atoms with E-state index in [2.05, 4.69) is 4.98 Å². The molecule has 3 rings (SSSR count). The van der Waals surface area contributed by atoms with Gasteiger partial charge in [0.25, 0.3) is 0 Å². The Morgan fingerprint density at radius 1 is 1.57 bits per heavy atom. The van der Waals surface area contributed by atoms with Crippen LogP contribution in [0.15, 0.2) is 23.7 Å². The van der Waals surface area contributed by atoms with Crippen molar-refractivity contribution in [2.75, 3.05) is 19.7 Å². The molecule has 0 aromatic carbocycles. The van der Waals surface area contributed by atoms with E-state index >= 15 is 0 Å². The van der Waals surface area contributed by atoms with E-state index in [-0.39, 0.29) is 12.0 Å². The number of thiophene rings is 1. The van der Waals surface area contributed by atoms with Gasteiger partial charge in [0.1, 0.15) is 11.9 Å². The molecular weight excluding hydrogens is 286 g/mol. The summed E-state index contributed by atoms with van der Waals surface area (Å²) < 4.78 is 7.78. The van der Waals surface area contributed by atoms with Gasteiger partial charge >= 0.3 is 0 Å². The quantitative estimate of drug-likeness (QED) is 0.870. The molecule has 1 saturated heterocycles. The number of morpholine rings is 1. The van der Waals surface area contributed by atoms with E-state index in [1.807, 2.05) is 47.1 Å². The van der Waals surface area contributed by atoms with Gasteiger partial charge in [-0.05, 0) is 18.4 Å². The highest BCUT2D eigenvalue weighted by atomic mass is 32.1. The maximum absolute atomic E-state index is 12.4. The average Bonchev–Trinajstić information content (AvgIpc) is 3.08. The molecule has 0 N–H and O–H groups in total. The minimum absolute atomic E-state index is 0.135. The van der Waals surface area contributed by atoms with E-state index in [1.165, 1.54) is 0 Å². The Bertz CT molecular complexity index is 621. The average molecular weight is 305 g/mol. The zero-order valence-electron chi connectivity index (χ0n) is 12.3. The first kappa shape index (κ1) is 14.3. The predicted molar refractivity (Wildman–Crippen MR) is 81.2 cm³/mol. The van der Waals surface area contributed by atoms with Crippen molar-refractivity contribution in [1.29, 1.82) is 0 Å². The molecule has 21 heavy (non-hydrogen) atoms. The number of amides is 1. The van der Waals surface area contributed by atoms with Crippen LogP contribution in [-0.2, 0) is 23.0 Å². The Labute approximate surface area is 128 Å². The first-order valence-corrected chi connectivity index (χ1v) is 7.93. The lowest BCUT2D eigenvalue weighted by molar-refractivity contribution is -0.138. The number of carbonyl (C=O) groups excluding carboxylic acids is 1. The van der Waals surface area contributed by atoms with Crippen LogP contribution < -0.4 is 0 Å². The third kappa shape index (κ3) is 3.16. The zero-order valence-corrected chi connectivity index (χ0v) is 13.1.